The molecule has 0 bridgehead atoms. The number of anilines is 1. The standard InChI is InChI=1S/C16H18FNOS/c1-4-5-12-8-15(20-11(12)3)16(19)18-14-9-13(17)7-6-10(14)2/h6-9H,4-5H2,1-3H3,(H,18,19). The molecule has 2 aromatic rings. The largest absolute Gasteiger partial charge is 0.321 e. The Morgan fingerprint density at radius 2 is 2.05 bits per heavy atom. The topological polar surface area (TPSA) is 29.1 Å². The van der Waals surface area contributed by atoms with Crippen LogP contribution in [0.15, 0.2) is 24.3 Å². The molecule has 0 saturated carbocycles. The lowest BCUT2D eigenvalue weighted by atomic mass is 10.1. The Bertz CT molecular complexity index is 633. The molecule has 0 radical (unpaired) electrons. The monoisotopic (exact) mass is 291 g/mol. The molecular formula is C16H18FNOS. The Morgan fingerprint density at radius 3 is 2.75 bits per heavy atom. The normalized spacial score (nSPS) is 10.6. The molecule has 106 valence electrons. The van der Waals surface area contributed by atoms with Gasteiger partial charge in [0.25, 0.3) is 5.91 Å². The smallest absolute Gasteiger partial charge is 0.265 e. The average molecular weight is 291 g/mol. The van der Waals surface area contributed by atoms with Crippen molar-refractivity contribution in [2.24, 2.45) is 0 Å². The Hall–Kier alpha value is -1.68. The Balaban J connectivity index is 2.19. The summed E-state index contributed by atoms with van der Waals surface area (Å²) in [4.78, 5) is 14.1. The van der Waals surface area contributed by atoms with Gasteiger partial charge in [0.1, 0.15) is 5.82 Å². The van der Waals surface area contributed by atoms with Gasteiger partial charge in [-0.2, -0.15) is 0 Å². The molecule has 0 spiro atoms. The van der Waals surface area contributed by atoms with Crippen LogP contribution in [0.3, 0.4) is 0 Å². The first-order chi connectivity index (χ1) is 9.51. The second-order valence-corrected chi connectivity index (χ2v) is 6.11. The van der Waals surface area contributed by atoms with Crippen molar-refractivity contribution in [3.8, 4) is 0 Å². The molecular weight excluding hydrogens is 273 g/mol. The van der Waals surface area contributed by atoms with Gasteiger partial charge in [0, 0.05) is 10.6 Å². The van der Waals surface area contributed by atoms with Crippen molar-refractivity contribution in [2.45, 2.75) is 33.6 Å². The van der Waals surface area contributed by atoms with E-state index in [9.17, 15) is 9.18 Å². The first kappa shape index (κ1) is 14.7. The van der Waals surface area contributed by atoms with E-state index < -0.39 is 0 Å². The lowest BCUT2D eigenvalue weighted by Gasteiger charge is -2.07. The van der Waals surface area contributed by atoms with E-state index in [1.54, 1.807) is 6.07 Å². The van der Waals surface area contributed by atoms with Crippen molar-refractivity contribution in [3.05, 3.63) is 51.0 Å². The number of aryl methyl sites for hydroxylation is 3. The van der Waals surface area contributed by atoms with E-state index in [1.807, 2.05) is 19.9 Å². The number of rotatable bonds is 4. The summed E-state index contributed by atoms with van der Waals surface area (Å²) in [7, 11) is 0. The van der Waals surface area contributed by atoms with Crippen molar-refractivity contribution < 1.29 is 9.18 Å². The van der Waals surface area contributed by atoms with E-state index in [1.165, 1.54) is 33.9 Å². The third kappa shape index (κ3) is 3.25. The third-order valence-electron chi connectivity index (χ3n) is 3.21. The summed E-state index contributed by atoms with van der Waals surface area (Å²) in [5.74, 6) is -0.519. The maximum Gasteiger partial charge on any atom is 0.265 e. The summed E-state index contributed by atoms with van der Waals surface area (Å²) in [6.07, 6.45) is 2.04. The number of halogens is 1. The van der Waals surface area contributed by atoms with Crippen molar-refractivity contribution >= 4 is 22.9 Å². The van der Waals surface area contributed by atoms with Gasteiger partial charge in [-0.3, -0.25) is 4.79 Å². The quantitative estimate of drug-likeness (QED) is 0.868. The molecule has 1 amide bonds. The van der Waals surface area contributed by atoms with Crippen LogP contribution in [0.25, 0.3) is 0 Å². The Kier molecular flexibility index (Phi) is 4.55. The van der Waals surface area contributed by atoms with Gasteiger partial charge >= 0.3 is 0 Å². The molecule has 0 fully saturated rings. The van der Waals surface area contributed by atoms with Crippen LogP contribution in [-0.4, -0.2) is 5.91 Å². The minimum absolute atomic E-state index is 0.172. The number of carbonyl (C=O) groups is 1. The van der Waals surface area contributed by atoms with Crippen molar-refractivity contribution in [3.63, 3.8) is 0 Å². The van der Waals surface area contributed by atoms with Crippen LogP contribution in [0, 0.1) is 19.7 Å². The molecule has 0 aliphatic heterocycles. The fourth-order valence-electron chi connectivity index (χ4n) is 2.06. The Morgan fingerprint density at radius 1 is 1.30 bits per heavy atom. The number of hydrogen-bond donors (Lipinski definition) is 1. The molecule has 0 aliphatic rings. The SMILES string of the molecule is CCCc1cc(C(=O)Nc2cc(F)ccc2C)sc1C. The van der Waals surface area contributed by atoms with Crippen LogP contribution in [0.2, 0.25) is 0 Å². The average Bonchev–Trinajstić information content (AvgIpc) is 2.76. The summed E-state index contributed by atoms with van der Waals surface area (Å²) in [6.45, 7) is 5.99. The van der Waals surface area contributed by atoms with E-state index in [-0.39, 0.29) is 11.7 Å². The number of hydrogen-bond acceptors (Lipinski definition) is 2. The number of thiophene rings is 1. The molecule has 20 heavy (non-hydrogen) atoms. The predicted octanol–water partition coefficient (Wildman–Crippen LogP) is 4.71. The van der Waals surface area contributed by atoms with Gasteiger partial charge in [-0.1, -0.05) is 19.4 Å². The predicted molar refractivity (Wildman–Crippen MR) is 82.1 cm³/mol. The second kappa shape index (κ2) is 6.18. The molecule has 1 heterocycles. The van der Waals surface area contributed by atoms with E-state index >= 15 is 0 Å². The fraction of sp³-hybridized carbons (Fsp3) is 0.312. The molecule has 4 heteroatoms. The van der Waals surface area contributed by atoms with Gasteiger partial charge in [-0.15, -0.1) is 11.3 Å². The zero-order chi connectivity index (χ0) is 14.7. The highest BCUT2D eigenvalue weighted by Crippen LogP contribution is 2.24. The van der Waals surface area contributed by atoms with Gasteiger partial charge in [0.05, 0.1) is 4.88 Å². The maximum absolute atomic E-state index is 13.2. The van der Waals surface area contributed by atoms with Crippen molar-refractivity contribution in [2.75, 3.05) is 5.32 Å². The van der Waals surface area contributed by atoms with E-state index in [0.29, 0.717) is 10.6 Å². The van der Waals surface area contributed by atoms with Gasteiger partial charge in [0.2, 0.25) is 0 Å². The van der Waals surface area contributed by atoms with Crippen LogP contribution in [-0.2, 0) is 6.42 Å². The molecule has 0 aliphatic carbocycles. The minimum atomic E-state index is -0.347. The van der Waals surface area contributed by atoms with Gasteiger partial charge in [0.15, 0.2) is 0 Å². The van der Waals surface area contributed by atoms with Crippen LogP contribution >= 0.6 is 11.3 Å². The number of benzene rings is 1. The third-order valence-corrected chi connectivity index (χ3v) is 4.30. The van der Waals surface area contributed by atoms with Crippen LogP contribution in [0.5, 0.6) is 0 Å². The van der Waals surface area contributed by atoms with E-state index in [4.69, 9.17) is 0 Å². The highest BCUT2D eigenvalue weighted by Gasteiger charge is 2.13. The highest BCUT2D eigenvalue weighted by atomic mass is 32.1. The summed E-state index contributed by atoms with van der Waals surface area (Å²) in [6, 6.07) is 6.33. The zero-order valence-corrected chi connectivity index (χ0v) is 12.7. The number of amides is 1. The fourth-order valence-corrected chi connectivity index (χ4v) is 3.03. The van der Waals surface area contributed by atoms with Gasteiger partial charge < -0.3 is 5.32 Å². The van der Waals surface area contributed by atoms with Gasteiger partial charge in [-0.25, -0.2) is 4.39 Å². The summed E-state index contributed by atoms with van der Waals surface area (Å²) >= 11 is 1.49. The molecule has 1 N–H and O–H groups in total. The lowest BCUT2D eigenvalue weighted by Crippen LogP contribution is -2.11. The molecule has 0 atom stereocenters. The van der Waals surface area contributed by atoms with E-state index in [2.05, 4.69) is 12.2 Å². The maximum atomic E-state index is 13.2. The first-order valence-corrected chi connectivity index (χ1v) is 7.49. The molecule has 1 aromatic carbocycles. The zero-order valence-electron chi connectivity index (χ0n) is 11.9. The van der Waals surface area contributed by atoms with E-state index in [0.717, 1.165) is 18.4 Å². The summed E-state index contributed by atoms with van der Waals surface area (Å²) in [5, 5.41) is 2.78. The molecule has 0 unspecified atom stereocenters. The number of nitrogens with one attached hydrogen (secondary N) is 1. The second-order valence-electron chi connectivity index (χ2n) is 4.86. The minimum Gasteiger partial charge on any atom is -0.321 e. The molecule has 0 saturated heterocycles. The summed E-state index contributed by atoms with van der Waals surface area (Å²) < 4.78 is 13.2. The lowest BCUT2D eigenvalue weighted by molar-refractivity contribution is 0.103. The number of carbonyl (C=O) groups excluding carboxylic acids is 1. The van der Waals surface area contributed by atoms with Crippen LogP contribution in [0.4, 0.5) is 10.1 Å². The molecule has 2 rings (SSSR count). The summed E-state index contributed by atoms with van der Waals surface area (Å²) in [5.41, 5.74) is 2.60. The molecule has 2 nitrogen and oxygen atoms in total. The van der Waals surface area contributed by atoms with Crippen LogP contribution in [0.1, 0.15) is 39.0 Å². The van der Waals surface area contributed by atoms with Crippen molar-refractivity contribution in [1.29, 1.82) is 0 Å². The highest BCUT2D eigenvalue weighted by molar-refractivity contribution is 7.14. The molecule has 1 aromatic heterocycles. The van der Waals surface area contributed by atoms with Gasteiger partial charge in [-0.05, 0) is 49.6 Å². The van der Waals surface area contributed by atoms with Crippen LogP contribution < -0.4 is 5.32 Å². The Labute approximate surface area is 122 Å². The first-order valence-electron chi connectivity index (χ1n) is 6.68. The van der Waals surface area contributed by atoms with Crippen molar-refractivity contribution in [1.82, 2.24) is 0 Å².